The molecule has 1 aliphatic rings. The number of hydrogen-bond acceptors (Lipinski definition) is 9. The molecule has 0 spiro atoms. The molecule has 45 heavy (non-hydrogen) atoms. The first-order valence-electron chi connectivity index (χ1n) is 14.7. The largest absolute Gasteiger partial charge is 0.380 e. The Kier molecular flexibility index (Phi) is 16.2. The fourth-order valence-corrected chi connectivity index (χ4v) is 4.20. The average molecular weight is 633 g/mol. The van der Waals surface area contributed by atoms with Gasteiger partial charge in [-0.1, -0.05) is 26.0 Å². The number of urea groups is 1. The van der Waals surface area contributed by atoms with Crippen LogP contribution in [0.25, 0.3) is 0 Å². The lowest BCUT2D eigenvalue weighted by molar-refractivity contribution is -0.137. The number of nitrogens with zero attached hydrogens (tertiary/aromatic N) is 1. The normalized spacial score (nSPS) is 13.9. The number of ether oxygens (including phenoxy) is 3. The summed E-state index contributed by atoms with van der Waals surface area (Å²) in [4.78, 5) is 74.1. The Morgan fingerprint density at radius 2 is 1.53 bits per heavy atom. The molecule has 0 aliphatic carbocycles. The summed E-state index contributed by atoms with van der Waals surface area (Å²) in [6.07, 6.45) is 2.96. The summed E-state index contributed by atoms with van der Waals surface area (Å²) in [6, 6.07) is 4.50. The van der Waals surface area contributed by atoms with E-state index in [-0.39, 0.29) is 70.1 Å². The third-order valence-electron chi connectivity index (χ3n) is 6.61. The average Bonchev–Trinajstić information content (AvgIpc) is 3.31. The van der Waals surface area contributed by atoms with Crippen molar-refractivity contribution in [2.75, 3.05) is 51.9 Å². The molecular weight excluding hydrogens is 588 g/mol. The molecule has 15 heteroatoms. The van der Waals surface area contributed by atoms with Gasteiger partial charge < -0.3 is 41.2 Å². The van der Waals surface area contributed by atoms with Gasteiger partial charge in [-0.2, -0.15) is 0 Å². The summed E-state index contributed by atoms with van der Waals surface area (Å²) < 4.78 is 15.9. The summed E-state index contributed by atoms with van der Waals surface area (Å²) >= 11 is 0. The molecule has 0 saturated heterocycles. The van der Waals surface area contributed by atoms with Crippen molar-refractivity contribution in [3.05, 3.63) is 42.0 Å². The number of hydrogen-bond donors (Lipinski definition) is 5. The van der Waals surface area contributed by atoms with Gasteiger partial charge in [-0.05, 0) is 36.5 Å². The molecule has 0 saturated carbocycles. The van der Waals surface area contributed by atoms with Gasteiger partial charge in [0, 0.05) is 37.9 Å². The van der Waals surface area contributed by atoms with Gasteiger partial charge in [0.15, 0.2) is 0 Å². The van der Waals surface area contributed by atoms with Crippen molar-refractivity contribution < 1.29 is 43.0 Å². The van der Waals surface area contributed by atoms with Crippen LogP contribution in [-0.4, -0.2) is 99.2 Å². The number of imide groups is 1. The van der Waals surface area contributed by atoms with Crippen LogP contribution in [0.2, 0.25) is 0 Å². The molecule has 0 aromatic heterocycles. The maximum Gasteiger partial charge on any atom is 0.312 e. The van der Waals surface area contributed by atoms with Crippen molar-refractivity contribution in [3.8, 4) is 0 Å². The number of primary amides is 1. The van der Waals surface area contributed by atoms with E-state index < -0.39 is 35.8 Å². The quantitative estimate of drug-likeness (QED) is 0.0925. The number of rotatable bonds is 21. The molecule has 0 radical (unpaired) electrons. The van der Waals surface area contributed by atoms with Crippen LogP contribution in [0.5, 0.6) is 0 Å². The van der Waals surface area contributed by atoms with Crippen LogP contribution in [-0.2, 0) is 44.8 Å². The minimum atomic E-state index is -0.953. The Hall–Kier alpha value is -4.34. The van der Waals surface area contributed by atoms with E-state index in [1.54, 1.807) is 33.1 Å². The molecular formula is C30H44N6O9. The van der Waals surface area contributed by atoms with Gasteiger partial charge in [-0.3, -0.25) is 28.9 Å². The monoisotopic (exact) mass is 632 g/mol. The molecule has 1 aromatic rings. The molecule has 0 bridgehead atoms. The highest BCUT2D eigenvalue weighted by molar-refractivity contribution is 6.12. The molecule has 2 rings (SSSR count). The lowest BCUT2D eigenvalue weighted by Crippen LogP contribution is -2.54. The predicted molar refractivity (Wildman–Crippen MR) is 163 cm³/mol. The Bertz CT molecular complexity index is 1170. The Morgan fingerprint density at radius 3 is 2.13 bits per heavy atom. The zero-order valence-electron chi connectivity index (χ0n) is 26.0. The van der Waals surface area contributed by atoms with Crippen LogP contribution < -0.4 is 27.0 Å². The summed E-state index contributed by atoms with van der Waals surface area (Å²) in [6.45, 7) is 4.96. The highest BCUT2D eigenvalue weighted by Gasteiger charge is 2.29. The second-order valence-corrected chi connectivity index (χ2v) is 10.5. The van der Waals surface area contributed by atoms with Gasteiger partial charge >= 0.3 is 6.03 Å². The van der Waals surface area contributed by atoms with E-state index >= 15 is 0 Å². The van der Waals surface area contributed by atoms with Crippen LogP contribution in [0, 0.1) is 5.92 Å². The van der Waals surface area contributed by atoms with Crippen molar-refractivity contribution in [2.24, 2.45) is 11.7 Å². The van der Waals surface area contributed by atoms with Gasteiger partial charge in [-0.15, -0.1) is 0 Å². The van der Waals surface area contributed by atoms with Crippen molar-refractivity contribution in [1.29, 1.82) is 0 Å². The maximum atomic E-state index is 13.3. The Balaban J connectivity index is 1.82. The topological polar surface area (TPSA) is 207 Å². The van der Waals surface area contributed by atoms with E-state index in [0.29, 0.717) is 18.7 Å². The van der Waals surface area contributed by atoms with Crippen molar-refractivity contribution in [2.45, 2.75) is 51.8 Å². The smallest absolute Gasteiger partial charge is 0.312 e. The number of anilines is 1. The van der Waals surface area contributed by atoms with Gasteiger partial charge in [-0.25, -0.2) is 4.79 Å². The number of nitrogens with one attached hydrogen (secondary N) is 4. The molecule has 2 atom stereocenters. The Labute approximate surface area is 262 Å². The van der Waals surface area contributed by atoms with E-state index in [4.69, 9.17) is 19.9 Å². The second-order valence-electron chi connectivity index (χ2n) is 10.5. The summed E-state index contributed by atoms with van der Waals surface area (Å²) in [5.41, 5.74) is 6.57. The van der Waals surface area contributed by atoms with Crippen LogP contribution in [0.3, 0.4) is 0 Å². The van der Waals surface area contributed by atoms with Gasteiger partial charge in [0.25, 0.3) is 11.8 Å². The zero-order valence-corrected chi connectivity index (χ0v) is 26.0. The number of amides is 7. The van der Waals surface area contributed by atoms with E-state index in [1.807, 2.05) is 12.1 Å². The van der Waals surface area contributed by atoms with Gasteiger partial charge in [0.2, 0.25) is 17.7 Å². The van der Waals surface area contributed by atoms with E-state index in [0.717, 1.165) is 10.5 Å². The Morgan fingerprint density at radius 1 is 0.889 bits per heavy atom. The third-order valence-corrected chi connectivity index (χ3v) is 6.61. The fourth-order valence-electron chi connectivity index (χ4n) is 4.20. The van der Waals surface area contributed by atoms with E-state index in [2.05, 4.69) is 21.3 Å². The number of carbonyl (C=O) groups is 6. The highest BCUT2D eigenvalue weighted by Crippen LogP contribution is 2.12. The van der Waals surface area contributed by atoms with Gasteiger partial charge in [0.05, 0.1) is 39.6 Å². The summed E-state index contributed by atoms with van der Waals surface area (Å²) in [5, 5.41) is 10.7. The molecule has 0 unspecified atom stereocenters. The highest BCUT2D eigenvalue weighted by atomic mass is 16.5. The second kappa shape index (κ2) is 19.8. The molecule has 248 valence electrons. The lowest BCUT2D eigenvalue weighted by atomic mass is 10.0. The van der Waals surface area contributed by atoms with Crippen LogP contribution in [0.1, 0.15) is 38.7 Å². The first-order chi connectivity index (χ1) is 21.5. The molecule has 1 aliphatic heterocycles. The van der Waals surface area contributed by atoms with Crippen molar-refractivity contribution >= 4 is 41.3 Å². The van der Waals surface area contributed by atoms with Crippen LogP contribution in [0.4, 0.5) is 10.5 Å². The zero-order chi connectivity index (χ0) is 33.2. The first-order valence-corrected chi connectivity index (χ1v) is 14.7. The predicted octanol–water partition coefficient (Wildman–Crippen LogP) is 0.194. The molecule has 15 nitrogen and oxygen atoms in total. The van der Waals surface area contributed by atoms with E-state index in [1.165, 1.54) is 12.2 Å². The standard InChI is InChI=1S/C30H44N6O9/c1-20(2)27(35-24(37)12-15-44-17-18-45-16-14-36-25(38)10-11-26(36)39)29(41)34-23(5-4-13-32-30(31)42)28(40)33-22-8-6-21(7-9-22)19-43-3/h6-11,20,23,27H,4-5,12-19H2,1-3H3,(H,33,40)(H,34,41)(H,35,37)(H3,31,32,42)/t23-,27-/m0/s1. The lowest BCUT2D eigenvalue weighted by Gasteiger charge is -2.25. The third kappa shape index (κ3) is 13.9. The molecule has 6 N–H and O–H groups in total. The minimum Gasteiger partial charge on any atom is -0.380 e. The minimum absolute atomic E-state index is 0.0132. The van der Waals surface area contributed by atoms with E-state index in [9.17, 15) is 28.8 Å². The number of benzene rings is 1. The SMILES string of the molecule is COCc1ccc(NC(=O)[C@H](CCCNC(N)=O)NC(=O)[C@@H](NC(=O)CCOCCOCCN2C(=O)C=CC2=O)C(C)C)cc1. The number of nitrogens with two attached hydrogens (primary N) is 1. The summed E-state index contributed by atoms with van der Waals surface area (Å²) in [5.74, 6) is -2.44. The molecule has 7 amide bonds. The van der Waals surface area contributed by atoms with Gasteiger partial charge in [0.1, 0.15) is 12.1 Å². The molecule has 0 fully saturated rings. The number of methoxy groups -OCH3 is 1. The number of carbonyl (C=O) groups excluding carboxylic acids is 6. The maximum absolute atomic E-state index is 13.3. The van der Waals surface area contributed by atoms with Crippen molar-refractivity contribution in [3.63, 3.8) is 0 Å². The van der Waals surface area contributed by atoms with Crippen LogP contribution in [0.15, 0.2) is 36.4 Å². The molecule has 1 aromatic carbocycles. The van der Waals surface area contributed by atoms with Crippen molar-refractivity contribution in [1.82, 2.24) is 20.9 Å². The van der Waals surface area contributed by atoms with Crippen LogP contribution >= 0.6 is 0 Å². The first kappa shape index (κ1) is 36.8. The molecule has 1 heterocycles. The fraction of sp³-hybridized carbons (Fsp3) is 0.533. The summed E-state index contributed by atoms with van der Waals surface area (Å²) in [7, 11) is 1.59.